The first-order valence-electron chi connectivity index (χ1n) is 18.3. The van der Waals surface area contributed by atoms with Crippen LogP contribution in [0.4, 0.5) is 17.1 Å². The van der Waals surface area contributed by atoms with Crippen molar-refractivity contribution in [3.05, 3.63) is 176 Å². The van der Waals surface area contributed by atoms with E-state index in [1.165, 1.54) is 0 Å². The number of benzene rings is 8. The summed E-state index contributed by atoms with van der Waals surface area (Å²) in [6, 6.07) is 48.9. The molecule has 0 spiro atoms. The summed E-state index contributed by atoms with van der Waals surface area (Å²) < 4.78 is 50.0. The molecule has 0 bridgehead atoms. The van der Waals surface area contributed by atoms with Crippen LogP contribution in [0.2, 0.25) is 0 Å². The molecule has 230 valence electrons. The Hall–Kier alpha value is -6.58. The molecule has 8 aromatic carbocycles. The summed E-state index contributed by atoms with van der Waals surface area (Å²) in [5, 5.41) is 5.89. The van der Waals surface area contributed by atoms with Crippen LogP contribution < -0.4 is 4.90 Å². The number of nitrogens with zero attached hydrogens (tertiary/aromatic N) is 1. The lowest BCUT2D eigenvalue weighted by Gasteiger charge is -2.26. The van der Waals surface area contributed by atoms with Crippen LogP contribution in [0.15, 0.2) is 185 Å². The quantitative estimate of drug-likeness (QED) is 0.189. The fourth-order valence-corrected chi connectivity index (χ4v) is 6.99. The fraction of sp³-hybridized carbons (Fsp3) is 0. The van der Waals surface area contributed by atoms with Gasteiger partial charge in [-0.3, -0.25) is 0 Å². The zero-order valence-electron chi connectivity index (χ0n) is 30.2. The molecule has 0 N–H and O–H groups in total. The Morgan fingerprint density at radius 2 is 1.08 bits per heavy atom. The maximum Gasteiger partial charge on any atom is 0.143 e. The second kappa shape index (κ2) is 11.0. The number of fused-ring (bicyclic) bond motifs is 8. The molecule has 0 saturated heterocycles. The number of rotatable bonds is 5. The fourth-order valence-electron chi connectivity index (χ4n) is 6.99. The molecule has 3 heteroatoms. The van der Waals surface area contributed by atoms with E-state index in [2.05, 4.69) is 42.5 Å². The molecule has 0 radical (unpaired) electrons. The molecule has 0 saturated carbocycles. The highest BCUT2D eigenvalue weighted by Gasteiger charge is 2.20. The summed E-state index contributed by atoms with van der Waals surface area (Å²) in [4.78, 5) is 1.84. The van der Waals surface area contributed by atoms with Crippen LogP contribution in [0.1, 0.15) is 5.48 Å². The van der Waals surface area contributed by atoms with Gasteiger partial charge < -0.3 is 13.7 Å². The summed E-state index contributed by atoms with van der Waals surface area (Å²) in [6.45, 7) is 0. The van der Waals surface area contributed by atoms with Crippen LogP contribution in [0.3, 0.4) is 0 Å². The molecule has 10 aromatic rings. The van der Waals surface area contributed by atoms with Crippen LogP contribution in [0, 0.1) is 0 Å². The normalized spacial score (nSPS) is 12.8. The number of furan rings is 2. The lowest BCUT2D eigenvalue weighted by Crippen LogP contribution is -2.10. The molecule has 0 unspecified atom stereocenters. The molecule has 0 atom stereocenters. The Morgan fingerprint density at radius 3 is 1.94 bits per heavy atom. The van der Waals surface area contributed by atoms with Crippen LogP contribution in [-0.2, 0) is 0 Å². The third kappa shape index (κ3) is 4.51. The zero-order valence-corrected chi connectivity index (χ0v) is 26.2. The molecule has 10 rings (SSSR count). The van der Waals surface area contributed by atoms with Gasteiger partial charge in [0.1, 0.15) is 22.3 Å². The highest BCUT2D eigenvalue weighted by atomic mass is 16.3. The predicted octanol–water partition coefficient (Wildman–Crippen LogP) is 13.4. The van der Waals surface area contributed by atoms with E-state index in [-0.39, 0.29) is 35.4 Å². The van der Waals surface area contributed by atoms with Gasteiger partial charge in [-0.2, -0.15) is 0 Å². The van der Waals surface area contributed by atoms with Gasteiger partial charge in [0, 0.05) is 32.9 Å². The van der Waals surface area contributed by atoms with E-state index in [9.17, 15) is 5.48 Å². The van der Waals surface area contributed by atoms with E-state index in [0.29, 0.717) is 22.5 Å². The Kier molecular flexibility index (Phi) is 5.32. The average molecular weight is 632 g/mol. The van der Waals surface area contributed by atoms with Crippen molar-refractivity contribution in [2.75, 3.05) is 4.90 Å². The van der Waals surface area contributed by atoms with Crippen LogP contribution >= 0.6 is 0 Å². The monoisotopic (exact) mass is 631 g/mol. The van der Waals surface area contributed by atoms with Crippen molar-refractivity contribution in [2.45, 2.75) is 0 Å². The molecule has 3 nitrogen and oxygen atoms in total. The minimum absolute atomic E-state index is 0.108. The Bertz CT molecular complexity index is 3030. The van der Waals surface area contributed by atoms with E-state index in [4.69, 9.17) is 8.83 Å². The van der Waals surface area contributed by atoms with Gasteiger partial charge in [-0.15, -0.1) is 0 Å². The predicted molar refractivity (Wildman–Crippen MR) is 204 cm³/mol. The van der Waals surface area contributed by atoms with Gasteiger partial charge in [-0.05, 0) is 88.3 Å². The zero-order chi connectivity index (χ0) is 35.8. The number of anilines is 3. The molecule has 49 heavy (non-hydrogen) atoms. The van der Waals surface area contributed by atoms with Crippen LogP contribution in [0.5, 0.6) is 0 Å². The maximum absolute atomic E-state index is 9.43. The minimum atomic E-state index is -0.139. The largest absolute Gasteiger partial charge is 0.456 e. The smallest absolute Gasteiger partial charge is 0.143 e. The van der Waals surface area contributed by atoms with Crippen molar-refractivity contribution in [2.24, 2.45) is 0 Å². The summed E-state index contributed by atoms with van der Waals surface area (Å²) in [5.41, 5.74) is 7.41. The molecule has 0 aliphatic heterocycles. The third-order valence-electron chi connectivity index (χ3n) is 9.34. The molecule has 2 heterocycles. The molecule has 2 aromatic heterocycles. The lowest BCUT2D eigenvalue weighted by molar-refractivity contribution is 0.669. The van der Waals surface area contributed by atoms with Crippen LogP contribution in [0.25, 0.3) is 76.9 Å². The third-order valence-corrected chi connectivity index (χ3v) is 9.34. The molecule has 0 amide bonds. The number of hydrogen-bond acceptors (Lipinski definition) is 3. The van der Waals surface area contributed by atoms with Crippen molar-refractivity contribution < 1.29 is 14.3 Å². The van der Waals surface area contributed by atoms with Crippen molar-refractivity contribution >= 4 is 71.7 Å². The SMILES string of the molecule is [2H]c1c([2H])c(N(c2ccc(-c3ccc4c(c3)oc3ccccc34)cc2)c2cccc3oc4c5ccccc5ccc4c23)c([2H])c([2H])c1-c1ccccc1. The van der Waals surface area contributed by atoms with E-state index in [0.717, 1.165) is 60.2 Å². The summed E-state index contributed by atoms with van der Waals surface area (Å²) >= 11 is 0. The lowest BCUT2D eigenvalue weighted by atomic mass is 10.0. The van der Waals surface area contributed by atoms with Crippen molar-refractivity contribution in [1.82, 2.24) is 0 Å². The standard InChI is InChI=1S/C46H29NO2/c1-2-9-30(10-3-1)31-17-23-35(24-18-31)47(41-14-8-16-43-45(41)40-28-21-33-11-4-5-12-37(33)46(40)49-43)36-25-19-32(20-26-36)34-22-27-39-38-13-6-7-15-42(38)48-44(39)29-34/h1-29H/i17D,18D,23D,24D. The van der Waals surface area contributed by atoms with Gasteiger partial charge in [0.05, 0.1) is 16.6 Å². The van der Waals surface area contributed by atoms with Gasteiger partial charge >= 0.3 is 0 Å². The Balaban J connectivity index is 1.20. The summed E-state index contributed by atoms with van der Waals surface area (Å²) in [7, 11) is 0. The Morgan fingerprint density at radius 1 is 0.408 bits per heavy atom. The topological polar surface area (TPSA) is 29.5 Å². The van der Waals surface area contributed by atoms with Crippen LogP contribution in [-0.4, -0.2) is 0 Å². The van der Waals surface area contributed by atoms with Gasteiger partial charge in [0.25, 0.3) is 0 Å². The summed E-state index contributed by atoms with van der Waals surface area (Å²) in [6.07, 6.45) is 0. The first-order chi connectivity index (χ1) is 26.0. The number of hydrogen-bond donors (Lipinski definition) is 0. The van der Waals surface area contributed by atoms with E-state index >= 15 is 0 Å². The molecular weight excluding hydrogens is 599 g/mol. The Labute approximate surface area is 288 Å². The van der Waals surface area contributed by atoms with Gasteiger partial charge in [0.2, 0.25) is 0 Å². The van der Waals surface area contributed by atoms with E-state index in [1.54, 1.807) is 0 Å². The number of para-hydroxylation sites is 1. The molecule has 0 aliphatic carbocycles. The summed E-state index contributed by atoms with van der Waals surface area (Å²) in [5.74, 6) is 0. The van der Waals surface area contributed by atoms with Gasteiger partial charge in [-0.25, -0.2) is 0 Å². The highest BCUT2D eigenvalue weighted by molar-refractivity contribution is 6.19. The minimum Gasteiger partial charge on any atom is -0.456 e. The van der Waals surface area contributed by atoms with Crippen molar-refractivity contribution in [3.8, 4) is 22.3 Å². The first-order valence-corrected chi connectivity index (χ1v) is 16.3. The van der Waals surface area contributed by atoms with Gasteiger partial charge in [0.15, 0.2) is 0 Å². The highest BCUT2D eigenvalue weighted by Crippen LogP contribution is 2.45. The van der Waals surface area contributed by atoms with E-state index in [1.807, 2.05) is 114 Å². The van der Waals surface area contributed by atoms with Crippen molar-refractivity contribution in [1.29, 1.82) is 0 Å². The molecule has 0 aliphatic rings. The second-order valence-corrected chi connectivity index (χ2v) is 12.2. The maximum atomic E-state index is 9.43. The second-order valence-electron chi connectivity index (χ2n) is 12.2. The van der Waals surface area contributed by atoms with Crippen molar-refractivity contribution in [3.63, 3.8) is 0 Å². The van der Waals surface area contributed by atoms with Gasteiger partial charge in [-0.1, -0.05) is 115 Å². The molecule has 0 fully saturated rings. The average Bonchev–Trinajstić information content (AvgIpc) is 3.78. The first kappa shape index (κ1) is 23.7. The van der Waals surface area contributed by atoms with E-state index < -0.39 is 0 Å². The molecular formula is C46H29NO2.